The number of carbonyl (C=O) groups excluding carboxylic acids is 3. The molecule has 0 fully saturated rings. The van der Waals surface area contributed by atoms with Gasteiger partial charge in [0.1, 0.15) is 12.6 Å². The van der Waals surface area contributed by atoms with Gasteiger partial charge in [-0.2, -0.15) is 0 Å². The van der Waals surface area contributed by atoms with E-state index in [0.29, 0.717) is 18.4 Å². The molecule has 0 heterocycles. The third kappa shape index (κ3) is 5.58. The fraction of sp³-hybridized carbons (Fsp3) is 0.360. The molecule has 2 aromatic rings. The lowest BCUT2D eigenvalue weighted by Gasteiger charge is -2.33. The number of carbonyl (C=O) groups is 4. The maximum absolute atomic E-state index is 13.5. The van der Waals surface area contributed by atoms with Crippen LogP contribution in [-0.2, 0) is 27.2 Å². The topological polar surface area (TPSA) is 113 Å². The summed E-state index contributed by atoms with van der Waals surface area (Å²) in [7, 11) is 1.27. The summed E-state index contributed by atoms with van der Waals surface area (Å²) in [4.78, 5) is 50.9. The molecular weight excluding hydrogens is 424 g/mol. The number of methoxy groups -OCH3 is 1. The lowest BCUT2D eigenvalue weighted by molar-refractivity contribution is -0.147. The molecule has 33 heavy (non-hydrogen) atoms. The van der Waals surface area contributed by atoms with E-state index in [2.05, 4.69) is 10.1 Å². The zero-order valence-electron chi connectivity index (χ0n) is 18.9. The van der Waals surface area contributed by atoms with Crippen LogP contribution in [0.3, 0.4) is 0 Å². The molecule has 0 aliphatic heterocycles. The maximum atomic E-state index is 13.5. The van der Waals surface area contributed by atoms with E-state index in [9.17, 15) is 24.3 Å². The van der Waals surface area contributed by atoms with Gasteiger partial charge in [0.15, 0.2) is 0 Å². The van der Waals surface area contributed by atoms with Gasteiger partial charge in [-0.1, -0.05) is 38.1 Å². The molecule has 0 saturated heterocycles. The summed E-state index contributed by atoms with van der Waals surface area (Å²) in [6.45, 7) is 3.15. The Morgan fingerprint density at radius 1 is 1.00 bits per heavy atom. The number of aliphatic carboxylic acids is 1. The number of rotatable bonds is 8. The quantitative estimate of drug-likeness (QED) is 0.595. The van der Waals surface area contributed by atoms with Gasteiger partial charge < -0.3 is 20.1 Å². The van der Waals surface area contributed by atoms with Gasteiger partial charge in [-0.3, -0.25) is 14.4 Å². The first-order valence-electron chi connectivity index (χ1n) is 10.8. The average molecular weight is 453 g/mol. The molecular formula is C25H28N2O6. The molecule has 2 aromatic carbocycles. The summed E-state index contributed by atoms with van der Waals surface area (Å²) < 4.78 is 4.66. The van der Waals surface area contributed by atoms with Crippen LogP contribution in [0.5, 0.6) is 0 Å². The van der Waals surface area contributed by atoms with Crippen LogP contribution in [0.25, 0.3) is 0 Å². The minimum absolute atomic E-state index is 0.268. The number of hydrogen-bond donors (Lipinski definition) is 2. The number of nitrogens with one attached hydrogen (secondary N) is 1. The SMILES string of the molecule is COC(=O)c1ccc(C(=O)N[C@H](C(=O)N(CC(=O)O)C2Cc3ccccc3C2)C(C)C)cc1. The number of esters is 1. The highest BCUT2D eigenvalue weighted by Crippen LogP contribution is 2.26. The normalized spacial score (nSPS) is 13.8. The van der Waals surface area contributed by atoms with Crippen LogP contribution in [0.4, 0.5) is 0 Å². The maximum Gasteiger partial charge on any atom is 0.337 e. The van der Waals surface area contributed by atoms with E-state index in [4.69, 9.17) is 0 Å². The molecule has 0 aromatic heterocycles. The van der Waals surface area contributed by atoms with Crippen molar-refractivity contribution in [3.63, 3.8) is 0 Å². The van der Waals surface area contributed by atoms with Crippen molar-refractivity contribution in [2.24, 2.45) is 5.92 Å². The summed E-state index contributed by atoms with van der Waals surface area (Å²) in [5, 5.41) is 12.2. The highest BCUT2D eigenvalue weighted by Gasteiger charge is 2.36. The first-order valence-corrected chi connectivity index (χ1v) is 10.8. The Bertz CT molecular complexity index is 1020. The van der Waals surface area contributed by atoms with Crippen molar-refractivity contribution in [3.8, 4) is 0 Å². The molecule has 3 rings (SSSR count). The van der Waals surface area contributed by atoms with Crippen molar-refractivity contribution >= 4 is 23.8 Å². The average Bonchev–Trinajstić information content (AvgIpc) is 3.23. The molecule has 1 aliphatic carbocycles. The summed E-state index contributed by atoms with van der Waals surface area (Å²) in [6, 6.07) is 12.5. The summed E-state index contributed by atoms with van der Waals surface area (Å²) in [6.07, 6.45) is 1.14. The Morgan fingerprint density at radius 3 is 2.03 bits per heavy atom. The molecule has 174 valence electrons. The summed E-state index contributed by atoms with van der Waals surface area (Å²) >= 11 is 0. The van der Waals surface area contributed by atoms with E-state index < -0.39 is 36.3 Å². The predicted molar refractivity (Wildman–Crippen MR) is 121 cm³/mol. The van der Waals surface area contributed by atoms with Crippen molar-refractivity contribution in [1.82, 2.24) is 10.2 Å². The van der Waals surface area contributed by atoms with E-state index in [1.54, 1.807) is 13.8 Å². The highest BCUT2D eigenvalue weighted by atomic mass is 16.5. The molecule has 0 radical (unpaired) electrons. The van der Waals surface area contributed by atoms with E-state index in [-0.39, 0.29) is 17.5 Å². The zero-order valence-corrected chi connectivity index (χ0v) is 18.9. The number of hydrogen-bond acceptors (Lipinski definition) is 5. The zero-order chi connectivity index (χ0) is 24.1. The number of amides is 2. The summed E-state index contributed by atoms with van der Waals surface area (Å²) in [5.41, 5.74) is 2.78. The van der Waals surface area contributed by atoms with E-state index in [0.717, 1.165) is 11.1 Å². The number of carboxylic acid groups (broad SMARTS) is 1. The molecule has 8 heteroatoms. The van der Waals surface area contributed by atoms with Gasteiger partial charge >= 0.3 is 11.9 Å². The molecule has 1 atom stereocenters. The minimum atomic E-state index is -1.11. The Labute approximate surface area is 192 Å². The van der Waals surface area contributed by atoms with Gasteiger partial charge in [0.05, 0.1) is 12.7 Å². The van der Waals surface area contributed by atoms with Crippen LogP contribution in [0.2, 0.25) is 0 Å². The Hall–Kier alpha value is -3.68. The lowest BCUT2D eigenvalue weighted by Crippen LogP contribution is -2.55. The van der Waals surface area contributed by atoms with Crippen LogP contribution in [0, 0.1) is 5.92 Å². The van der Waals surface area contributed by atoms with Crippen LogP contribution < -0.4 is 5.32 Å². The molecule has 0 spiro atoms. The molecule has 8 nitrogen and oxygen atoms in total. The van der Waals surface area contributed by atoms with Crippen LogP contribution in [0.15, 0.2) is 48.5 Å². The molecule has 2 N–H and O–H groups in total. The highest BCUT2D eigenvalue weighted by molar-refractivity contribution is 5.99. The minimum Gasteiger partial charge on any atom is -0.480 e. The van der Waals surface area contributed by atoms with Gasteiger partial charge in [-0.05, 0) is 54.2 Å². The molecule has 0 bridgehead atoms. The standard InChI is InChI=1S/C25H28N2O6/c1-15(2)22(26-23(30)16-8-10-17(11-9-16)25(32)33-3)24(31)27(14-21(28)29)20-12-18-6-4-5-7-19(18)13-20/h4-11,15,20,22H,12-14H2,1-3H3,(H,26,30)(H,28,29)/t22-/m0/s1. The van der Waals surface area contributed by atoms with Crippen molar-refractivity contribution < 1.29 is 29.0 Å². The first kappa shape index (κ1) is 24.0. The van der Waals surface area contributed by atoms with Gasteiger partial charge in [0, 0.05) is 11.6 Å². The van der Waals surface area contributed by atoms with E-state index in [1.807, 2.05) is 24.3 Å². The van der Waals surface area contributed by atoms with Crippen LogP contribution in [0.1, 0.15) is 45.7 Å². The Kier molecular flexibility index (Phi) is 7.48. The number of carboxylic acids is 1. The van der Waals surface area contributed by atoms with Crippen molar-refractivity contribution in [2.75, 3.05) is 13.7 Å². The third-order valence-electron chi connectivity index (χ3n) is 5.85. The molecule has 0 unspecified atom stereocenters. The van der Waals surface area contributed by atoms with Crippen LogP contribution in [-0.4, -0.2) is 59.5 Å². The van der Waals surface area contributed by atoms with Gasteiger partial charge in [0.2, 0.25) is 5.91 Å². The smallest absolute Gasteiger partial charge is 0.337 e. The monoisotopic (exact) mass is 452 g/mol. The molecule has 2 amide bonds. The fourth-order valence-electron chi connectivity index (χ4n) is 4.08. The predicted octanol–water partition coefficient (Wildman–Crippen LogP) is 2.31. The second kappa shape index (κ2) is 10.3. The summed E-state index contributed by atoms with van der Waals surface area (Å²) in [5.74, 6) is -2.80. The van der Waals surface area contributed by atoms with Gasteiger partial charge in [-0.15, -0.1) is 0 Å². The molecule has 0 saturated carbocycles. The Morgan fingerprint density at radius 2 is 1.55 bits per heavy atom. The van der Waals surface area contributed by atoms with Gasteiger partial charge in [0.25, 0.3) is 5.91 Å². The van der Waals surface area contributed by atoms with Crippen molar-refractivity contribution in [3.05, 3.63) is 70.8 Å². The molecule has 1 aliphatic rings. The Balaban J connectivity index is 1.78. The second-order valence-corrected chi connectivity index (χ2v) is 8.45. The number of ether oxygens (including phenoxy) is 1. The first-order chi connectivity index (χ1) is 15.7. The number of fused-ring (bicyclic) bond motifs is 1. The van der Waals surface area contributed by atoms with E-state index >= 15 is 0 Å². The van der Waals surface area contributed by atoms with Crippen molar-refractivity contribution in [2.45, 2.75) is 38.8 Å². The van der Waals surface area contributed by atoms with E-state index in [1.165, 1.54) is 36.3 Å². The number of benzene rings is 2. The largest absolute Gasteiger partial charge is 0.480 e. The third-order valence-corrected chi connectivity index (χ3v) is 5.85. The fourth-order valence-corrected chi connectivity index (χ4v) is 4.08. The second-order valence-electron chi connectivity index (χ2n) is 8.45. The van der Waals surface area contributed by atoms with Crippen molar-refractivity contribution in [1.29, 1.82) is 0 Å². The number of nitrogens with zero attached hydrogens (tertiary/aromatic N) is 1. The lowest BCUT2D eigenvalue weighted by atomic mass is 10.00. The van der Waals surface area contributed by atoms with Crippen LogP contribution >= 0.6 is 0 Å². The van der Waals surface area contributed by atoms with Gasteiger partial charge in [-0.25, -0.2) is 4.79 Å².